The summed E-state index contributed by atoms with van der Waals surface area (Å²) in [4.78, 5) is 13.3. The van der Waals surface area contributed by atoms with E-state index in [4.69, 9.17) is 15.9 Å². The van der Waals surface area contributed by atoms with E-state index < -0.39 is 0 Å². The molecule has 1 rings (SSSR count). The topological polar surface area (TPSA) is 86.8 Å². The van der Waals surface area contributed by atoms with Crippen molar-refractivity contribution in [3.63, 3.8) is 0 Å². The second-order valence-corrected chi connectivity index (χ2v) is 4.07. The van der Waals surface area contributed by atoms with Crippen molar-refractivity contribution in [2.45, 2.75) is 12.8 Å². The van der Waals surface area contributed by atoms with Crippen LogP contribution in [0.2, 0.25) is 0 Å². The van der Waals surface area contributed by atoms with Crippen molar-refractivity contribution in [1.29, 1.82) is 0 Å². The van der Waals surface area contributed by atoms with E-state index in [-0.39, 0.29) is 32.2 Å². The van der Waals surface area contributed by atoms with Crippen LogP contribution in [0.3, 0.4) is 0 Å². The number of aryl methyl sites for hydroxylation is 1. The number of hydrogen-bond donors (Lipinski definition) is 3. The highest BCUT2D eigenvalue weighted by Crippen LogP contribution is 2.08. The van der Waals surface area contributed by atoms with E-state index >= 15 is 0 Å². The lowest BCUT2D eigenvalue weighted by Gasteiger charge is -2.20. The minimum absolute atomic E-state index is 0.0603. The predicted molar refractivity (Wildman–Crippen MR) is 69.9 cm³/mol. The molecule has 5 heteroatoms. The van der Waals surface area contributed by atoms with Gasteiger partial charge in [-0.2, -0.15) is 0 Å². The zero-order valence-electron chi connectivity index (χ0n) is 10.4. The van der Waals surface area contributed by atoms with Crippen LogP contribution in [0.25, 0.3) is 0 Å². The number of benzene rings is 1. The van der Waals surface area contributed by atoms with E-state index in [1.165, 1.54) is 4.90 Å². The van der Waals surface area contributed by atoms with Gasteiger partial charge in [-0.3, -0.25) is 4.79 Å². The third-order valence-corrected chi connectivity index (χ3v) is 2.70. The monoisotopic (exact) mass is 252 g/mol. The van der Waals surface area contributed by atoms with E-state index in [0.29, 0.717) is 18.5 Å². The molecule has 0 aromatic heterocycles. The van der Waals surface area contributed by atoms with Gasteiger partial charge in [0.1, 0.15) is 0 Å². The van der Waals surface area contributed by atoms with Crippen LogP contribution in [0.1, 0.15) is 12.0 Å². The molecule has 4 N–H and O–H groups in total. The number of aliphatic hydroxyl groups excluding tert-OH is 2. The predicted octanol–water partition coefficient (Wildman–Crippen LogP) is 0.0146. The van der Waals surface area contributed by atoms with Crippen molar-refractivity contribution in [3.05, 3.63) is 29.8 Å². The first-order valence-electron chi connectivity index (χ1n) is 6.01. The summed E-state index contributed by atoms with van der Waals surface area (Å²) in [7, 11) is 0. The van der Waals surface area contributed by atoms with Gasteiger partial charge >= 0.3 is 0 Å². The smallest absolute Gasteiger partial charge is 0.223 e. The summed E-state index contributed by atoms with van der Waals surface area (Å²) < 4.78 is 0. The minimum atomic E-state index is -0.0897. The number of carbonyl (C=O) groups is 1. The standard InChI is InChI=1S/C13H20N2O3/c14-12-4-1-11(2-5-12)3-6-13(18)15(7-9-16)8-10-17/h1-2,4-5,16-17H,3,6-10,14H2. The van der Waals surface area contributed by atoms with Crippen molar-refractivity contribution in [2.75, 3.05) is 32.0 Å². The molecule has 1 amide bonds. The van der Waals surface area contributed by atoms with Gasteiger partial charge in [-0.1, -0.05) is 12.1 Å². The Morgan fingerprint density at radius 3 is 2.17 bits per heavy atom. The summed E-state index contributed by atoms with van der Waals surface area (Å²) >= 11 is 0. The zero-order chi connectivity index (χ0) is 13.4. The summed E-state index contributed by atoms with van der Waals surface area (Å²) in [6.07, 6.45) is 0.996. The first-order valence-corrected chi connectivity index (χ1v) is 6.01. The van der Waals surface area contributed by atoms with Gasteiger partial charge in [0, 0.05) is 25.2 Å². The van der Waals surface area contributed by atoms with E-state index in [0.717, 1.165) is 5.56 Å². The maximum Gasteiger partial charge on any atom is 0.223 e. The average molecular weight is 252 g/mol. The summed E-state index contributed by atoms with van der Waals surface area (Å²) in [5.74, 6) is -0.0603. The SMILES string of the molecule is Nc1ccc(CCC(=O)N(CCO)CCO)cc1. The fraction of sp³-hybridized carbons (Fsp3) is 0.462. The van der Waals surface area contributed by atoms with Gasteiger partial charge < -0.3 is 20.8 Å². The number of amides is 1. The number of aliphatic hydroxyl groups is 2. The Bertz CT molecular complexity index is 359. The molecule has 100 valence electrons. The number of hydrogen-bond acceptors (Lipinski definition) is 4. The Hall–Kier alpha value is -1.59. The van der Waals surface area contributed by atoms with Crippen LogP contribution in [0.4, 0.5) is 5.69 Å². The van der Waals surface area contributed by atoms with Gasteiger partial charge in [-0.15, -0.1) is 0 Å². The van der Waals surface area contributed by atoms with Gasteiger partial charge in [0.05, 0.1) is 13.2 Å². The Balaban J connectivity index is 2.45. The lowest BCUT2D eigenvalue weighted by Crippen LogP contribution is -2.35. The normalized spacial score (nSPS) is 10.3. The van der Waals surface area contributed by atoms with E-state index in [2.05, 4.69) is 0 Å². The third kappa shape index (κ3) is 4.73. The molecule has 0 saturated heterocycles. The average Bonchev–Trinajstić information content (AvgIpc) is 2.37. The molecule has 0 aliphatic heterocycles. The Labute approximate surface area is 107 Å². The molecule has 0 spiro atoms. The summed E-state index contributed by atoms with van der Waals surface area (Å²) in [5, 5.41) is 17.7. The molecular weight excluding hydrogens is 232 g/mol. The molecule has 0 radical (unpaired) electrons. The van der Waals surface area contributed by atoms with E-state index in [9.17, 15) is 4.79 Å². The second kappa shape index (κ2) is 7.68. The molecule has 0 bridgehead atoms. The van der Waals surface area contributed by atoms with Gasteiger partial charge in [0.15, 0.2) is 0 Å². The molecule has 1 aromatic rings. The molecule has 0 fully saturated rings. The van der Waals surface area contributed by atoms with Gasteiger partial charge in [0.25, 0.3) is 0 Å². The Kier molecular flexibility index (Phi) is 6.18. The van der Waals surface area contributed by atoms with Gasteiger partial charge in [0.2, 0.25) is 5.91 Å². The Morgan fingerprint density at radius 1 is 1.11 bits per heavy atom. The zero-order valence-corrected chi connectivity index (χ0v) is 10.4. The first kappa shape index (κ1) is 14.5. The van der Waals surface area contributed by atoms with E-state index in [1.54, 1.807) is 12.1 Å². The fourth-order valence-corrected chi connectivity index (χ4v) is 1.70. The summed E-state index contributed by atoms with van der Waals surface area (Å²) in [6, 6.07) is 7.40. The van der Waals surface area contributed by atoms with Gasteiger partial charge in [-0.05, 0) is 24.1 Å². The molecule has 0 aliphatic rings. The maximum atomic E-state index is 11.8. The molecule has 18 heavy (non-hydrogen) atoms. The number of nitrogen functional groups attached to an aromatic ring is 1. The number of carbonyl (C=O) groups excluding carboxylic acids is 1. The highest BCUT2D eigenvalue weighted by molar-refractivity contribution is 5.76. The number of nitrogens with zero attached hydrogens (tertiary/aromatic N) is 1. The van der Waals surface area contributed by atoms with Crippen LogP contribution in [0, 0.1) is 0 Å². The van der Waals surface area contributed by atoms with Crippen molar-refractivity contribution in [3.8, 4) is 0 Å². The van der Waals surface area contributed by atoms with Crippen molar-refractivity contribution >= 4 is 11.6 Å². The van der Waals surface area contributed by atoms with Crippen molar-refractivity contribution in [2.24, 2.45) is 0 Å². The van der Waals surface area contributed by atoms with Crippen LogP contribution < -0.4 is 5.73 Å². The molecule has 0 atom stereocenters. The summed E-state index contributed by atoms with van der Waals surface area (Å²) in [6.45, 7) is 0.351. The van der Waals surface area contributed by atoms with Crippen LogP contribution in [-0.2, 0) is 11.2 Å². The summed E-state index contributed by atoms with van der Waals surface area (Å²) in [5.41, 5.74) is 7.33. The van der Waals surface area contributed by atoms with Crippen LogP contribution in [0.15, 0.2) is 24.3 Å². The molecule has 5 nitrogen and oxygen atoms in total. The highest BCUT2D eigenvalue weighted by Gasteiger charge is 2.11. The molecule has 0 unspecified atom stereocenters. The molecule has 1 aromatic carbocycles. The molecule has 0 aliphatic carbocycles. The first-order chi connectivity index (χ1) is 8.67. The van der Waals surface area contributed by atoms with Crippen molar-refractivity contribution in [1.82, 2.24) is 4.90 Å². The van der Waals surface area contributed by atoms with Crippen LogP contribution >= 0.6 is 0 Å². The van der Waals surface area contributed by atoms with Crippen LogP contribution in [0.5, 0.6) is 0 Å². The Morgan fingerprint density at radius 2 is 1.67 bits per heavy atom. The lowest BCUT2D eigenvalue weighted by atomic mass is 10.1. The molecular formula is C13H20N2O3. The molecule has 0 heterocycles. The van der Waals surface area contributed by atoms with E-state index in [1.807, 2.05) is 12.1 Å². The second-order valence-electron chi connectivity index (χ2n) is 4.07. The van der Waals surface area contributed by atoms with Crippen LogP contribution in [-0.4, -0.2) is 47.3 Å². The van der Waals surface area contributed by atoms with Crippen molar-refractivity contribution < 1.29 is 15.0 Å². The number of anilines is 1. The largest absolute Gasteiger partial charge is 0.399 e. The minimum Gasteiger partial charge on any atom is -0.399 e. The number of rotatable bonds is 7. The quantitative estimate of drug-likeness (QED) is 0.597. The number of nitrogens with two attached hydrogens (primary N) is 1. The lowest BCUT2D eigenvalue weighted by molar-refractivity contribution is -0.132. The molecule has 0 saturated carbocycles. The van der Waals surface area contributed by atoms with Gasteiger partial charge in [-0.25, -0.2) is 0 Å². The maximum absolute atomic E-state index is 11.8. The highest BCUT2D eigenvalue weighted by atomic mass is 16.3. The third-order valence-electron chi connectivity index (χ3n) is 2.70. The fourth-order valence-electron chi connectivity index (χ4n) is 1.70.